The summed E-state index contributed by atoms with van der Waals surface area (Å²) < 4.78 is 5.14. The largest absolute Gasteiger partial charge is 0.383 e. The summed E-state index contributed by atoms with van der Waals surface area (Å²) in [5.41, 5.74) is 1.13. The van der Waals surface area contributed by atoms with Crippen molar-refractivity contribution in [2.24, 2.45) is 5.92 Å². The monoisotopic (exact) mass is 276 g/mol. The third kappa shape index (κ3) is 4.30. The van der Waals surface area contributed by atoms with Gasteiger partial charge in [-0.3, -0.25) is 9.78 Å². The van der Waals surface area contributed by atoms with Gasteiger partial charge in [0.25, 0.3) is 0 Å². The lowest BCUT2D eigenvalue weighted by atomic mass is 9.88. The minimum absolute atomic E-state index is 0.211. The molecule has 0 bridgehead atoms. The first-order valence-corrected chi connectivity index (χ1v) is 7.48. The number of pyridine rings is 1. The van der Waals surface area contributed by atoms with Crippen molar-refractivity contribution in [3.05, 3.63) is 30.1 Å². The highest BCUT2D eigenvalue weighted by molar-refractivity contribution is 5.78. The highest BCUT2D eigenvalue weighted by atomic mass is 16.5. The van der Waals surface area contributed by atoms with Crippen LogP contribution in [0.3, 0.4) is 0 Å². The molecule has 0 N–H and O–H groups in total. The highest BCUT2D eigenvalue weighted by Gasteiger charge is 2.25. The van der Waals surface area contributed by atoms with E-state index in [1.807, 2.05) is 17.0 Å². The van der Waals surface area contributed by atoms with E-state index in [1.54, 1.807) is 19.5 Å². The van der Waals surface area contributed by atoms with Gasteiger partial charge in [-0.15, -0.1) is 0 Å². The Morgan fingerprint density at radius 2 is 2.00 bits per heavy atom. The quantitative estimate of drug-likeness (QED) is 0.802. The van der Waals surface area contributed by atoms with Crippen molar-refractivity contribution in [2.45, 2.75) is 38.6 Å². The molecule has 0 radical (unpaired) electrons. The molecule has 0 saturated heterocycles. The molecule has 1 aromatic rings. The third-order valence-corrected chi connectivity index (χ3v) is 3.95. The van der Waals surface area contributed by atoms with E-state index in [9.17, 15) is 4.79 Å². The molecule has 0 spiro atoms. The SMILES string of the molecule is COCCN(Cc1ccncc1)C(=O)C1CCCCC1. The van der Waals surface area contributed by atoms with Gasteiger partial charge in [0.05, 0.1) is 6.61 Å². The summed E-state index contributed by atoms with van der Waals surface area (Å²) in [5.74, 6) is 0.501. The molecule has 0 atom stereocenters. The standard InChI is InChI=1S/C16H24N2O2/c1-20-12-11-18(13-14-7-9-17-10-8-14)16(19)15-5-3-2-4-6-15/h7-10,15H,2-6,11-13H2,1H3. The van der Waals surface area contributed by atoms with Gasteiger partial charge in [0, 0.05) is 38.5 Å². The van der Waals surface area contributed by atoms with Crippen molar-refractivity contribution in [1.82, 2.24) is 9.88 Å². The van der Waals surface area contributed by atoms with Gasteiger partial charge >= 0.3 is 0 Å². The summed E-state index contributed by atoms with van der Waals surface area (Å²) in [7, 11) is 1.68. The molecular weight excluding hydrogens is 252 g/mol. The lowest BCUT2D eigenvalue weighted by Gasteiger charge is -2.29. The molecule has 1 aliphatic rings. The normalized spacial score (nSPS) is 16.1. The van der Waals surface area contributed by atoms with Gasteiger partial charge in [0.2, 0.25) is 5.91 Å². The molecule has 1 aliphatic carbocycles. The number of rotatable bonds is 6. The number of methoxy groups -OCH3 is 1. The molecule has 20 heavy (non-hydrogen) atoms. The summed E-state index contributed by atoms with van der Waals surface area (Å²) in [4.78, 5) is 18.6. The lowest BCUT2D eigenvalue weighted by Crippen LogP contribution is -2.38. The second kappa shape index (κ2) is 8.00. The molecule has 0 unspecified atom stereocenters. The Kier molecular flexibility index (Phi) is 5.99. The summed E-state index contributed by atoms with van der Waals surface area (Å²) in [6.45, 7) is 1.90. The fourth-order valence-electron chi connectivity index (χ4n) is 2.78. The molecule has 0 aromatic carbocycles. The lowest BCUT2D eigenvalue weighted by molar-refractivity contribution is -0.137. The first-order valence-electron chi connectivity index (χ1n) is 7.48. The number of nitrogens with zero attached hydrogens (tertiary/aromatic N) is 2. The Morgan fingerprint density at radius 3 is 2.65 bits per heavy atom. The number of hydrogen-bond acceptors (Lipinski definition) is 3. The molecule has 110 valence electrons. The second-order valence-electron chi connectivity index (χ2n) is 5.44. The van der Waals surface area contributed by atoms with E-state index >= 15 is 0 Å². The van der Waals surface area contributed by atoms with E-state index < -0.39 is 0 Å². The summed E-state index contributed by atoms with van der Waals surface area (Å²) in [6.07, 6.45) is 9.26. The molecule has 4 nitrogen and oxygen atoms in total. The number of ether oxygens (including phenoxy) is 1. The number of carbonyl (C=O) groups is 1. The topological polar surface area (TPSA) is 42.4 Å². The zero-order valence-corrected chi connectivity index (χ0v) is 12.3. The van der Waals surface area contributed by atoms with Crippen molar-refractivity contribution in [1.29, 1.82) is 0 Å². The minimum Gasteiger partial charge on any atom is -0.383 e. The van der Waals surface area contributed by atoms with E-state index in [0.717, 1.165) is 18.4 Å². The molecule has 2 rings (SSSR count). The smallest absolute Gasteiger partial charge is 0.226 e. The van der Waals surface area contributed by atoms with Crippen LogP contribution in [0.2, 0.25) is 0 Å². The fraction of sp³-hybridized carbons (Fsp3) is 0.625. The van der Waals surface area contributed by atoms with Crippen molar-refractivity contribution in [3.8, 4) is 0 Å². The Hall–Kier alpha value is -1.42. The van der Waals surface area contributed by atoms with Crippen LogP contribution in [0.15, 0.2) is 24.5 Å². The predicted molar refractivity (Wildman–Crippen MR) is 78.1 cm³/mol. The fourth-order valence-corrected chi connectivity index (χ4v) is 2.78. The zero-order chi connectivity index (χ0) is 14.2. The number of carbonyl (C=O) groups excluding carboxylic acids is 1. The Morgan fingerprint density at radius 1 is 1.30 bits per heavy atom. The summed E-state index contributed by atoms with van der Waals surface area (Å²) >= 11 is 0. The van der Waals surface area contributed by atoms with Crippen LogP contribution in [0.5, 0.6) is 0 Å². The van der Waals surface area contributed by atoms with Gasteiger partial charge in [0.15, 0.2) is 0 Å². The van der Waals surface area contributed by atoms with Crippen molar-refractivity contribution in [2.75, 3.05) is 20.3 Å². The van der Waals surface area contributed by atoms with Crippen LogP contribution in [-0.2, 0) is 16.1 Å². The predicted octanol–water partition coefficient (Wildman–Crippen LogP) is 2.64. The van der Waals surface area contributed by atoms with E-state index in [0.29, 0.717) is 25.6 Å². The van der Waals surface area contributed by atoms with Gasteiger partial charge in [-0.05, 0) is 30.5 Å². The van der Waals surface area contributed by atoms with Crippen LogP contribution >= 0.6 is 0 Å². The minimum atomic E-state index is 0.211. The maximum Gasteiger partial charge on any atom is 0.226 e. The van der Waals surface area contributed by atoms with E-state index in [2.05, 4.69) is 4.98 Å². The molecular formula is C16H24N2O2. The van der Waals surface area contributed by atoms with Crippen molar-refractivity contribution >= 4 is 5.91 Å². The zero-order valence-electron chi connectivity index (χ0n) is 12.3. The highest BCUT2D eigenvalue weighted by Crippen LogP contribution is 2.25. The molecule has 4 heteroatoms. The number of aromatic nitrogens is 1. The average Bonchev–Trinajstić information content (AvgIpc) is 2.52. The van der Waals surface area contributed by atoms with Gasteiger partial charge < -0.3 is 9.64 Å². The van der Waals surface area contributed by atoms with Gasteiger partial charge in [0.1, 0.15) is 0 Å². The molecule has 1 saturated carbocycles. The maximum atomic E-state index is 12.7. The first-order chi connectivity index (χ1) is 9.81. The molecule has 1 fully saturated rings. The molecule has 0 aliphatic heterocycles. The third-order valence-electron chi connectivity index (χ3n) is 3.95. The van der Waals surface area contributed by atoms with Gasteiger partial charge in [-0.1, -0.05) is 19.3 Å². The first kappa shape index (κ1) is 15.0. The molecule has 1 aromatic heterocycles. The Labute approximate surface area is 121 Å². The van der Waals surface area contributed by atoms with E-state index in [4.69, 9.17) is 4.74 Å². The molecule has 1 amide bonds. The number of hydrogen-bond donors (Lipinski definition) is 0. The maximum absolute atomic E-state index is 12.7. The average molecular weight is 276 g/mol. The van der Waals surface area contributed by atoms with Gasteiger partial charge in [-0.2, -0.15) is 0 Å². The molecule has 1 heterocycles. The van der Waals surface area contributed by atoms with Gasteiger partial charge in [-0.25, -0.2) is 0 Å². The van der Waals surface area contributed by atoms with Crippen LogP contribution in [0.4, 0.5) is 0 Å². The van der Waals surface area contributed by atoms with Crippen LogP contribution in [-0.4, -0.2) is 36.1 Å². The van der Waals surface area contributed by atoms with Crippen molar-refractivity contribution < 1.29 is 9.53 Å². The van der Waals surface area contributed by atoms with Crippen molar-refractivity contribution in [3.63, 3.8) is 0 Å². The number of amides is 1. The van der Waals surface area contributed by atoms with Crippen LogP contribution in [0.1, 0.15) is 37.7 Å². The van der Waals surface area contributed by atoms with E-state index in [1.165, 1.54) is 19.3 Å². The van der Waals surface area contributed by atoms with Crippen LogP contribution in [0, 0.1) is 5.92 Å². The summed E-state index contributed by atoms with van der Waals surface area (Å²) in [5, 5.41) is 0. The van der Waals surface area contributed by atoms with Crippen LogP contribution < -0.4 is 0 Å². The van der Waals surface area contributed by atoms with E-state index in [-0.39, 0.29) is 5.92 Å². The second-order valence-corrected chi connectivity index (χ2v) is 5.44. The Balaban J connectivity index is 2.00. The van der Waals surface area contributed by atoms with Crippen LogP contribution in [0.25, 0.3) is 0 Å². The summed E-state index contributed by atoms with van der Waals surface area (Å²) in [6, 6.07) is 3.93. The Bertz CT molecular complexity index is 402.